The number of hydrogen-bond acceptors (Lipinski definition) is 4. The molecule has 0 saturated carbocycles. The summed E-state index contributed by atoms with van der Waals surface area (Å²) in [5.74, 6) is -0.112. The second-order valence-corrected chi connectivity index (χ2v) is 7.81. The Labute approximate surface area is 177 Å². The maximum atomic E-state index is 12.5. The van der Waals surface area contributed by atoms with Gasteiger partial charge in [0, 0.05) is 22.3 Å². The summed E-state index contributed by atoms with van der Waals surface area (Å²) in [6, 6.07) is 14.1. The van der Waals surface area contributed by atoms with E-state index >= 15 is 0 Å². The van der Waals surface area contributed by atoms with Gasteiger partial charge < -0.3 is 10.1 Å². The van der Waals surface area contributed by atoms with E-state index in [1.807, 2.05) is 57.2 Å². The SMILES string of the molecule is Cc1ccc(-n2nc(O[C@@H](C)C(=O)Nc3ccc(Br)cc3C)ccc2=O)cc1C. The van der Waals surface area contributed by atoms with Crippen molar-refractivity contribution in [3.63, 3.8) is 0 Å². The Hall–Kier alpha value is -2.93. The molecule has 0 spiro atoms. The lowest BCUT2D eigenvalue weighted by atomic mass is 10.1. The number of rotatable bonds is 5. The number of halogens is 1. The highest BCUT2D eigenvalue weighted by atomic mass is 79.9. The van der Waals surface area contributed by atoms with Crippen LogP contribution in [0.15, 0.2) is 57.8 Å². The van der Waals surface area contributed by atoms with Gasteiger partial charge >= 0.3 is 0 Å². The lowest BCUT2D eigenvalue weighted by Crippen LogP contribution is -2.31. The molecule has 1 atom stereocenters. The van der Waals surface area contributed by atoms with E-state index in [0.29, 0.717) is 11.4 Å². The Morgan fingerprint density at radius 3 is 2.48 bits per heavy atom. The number of aryl methyl sites for hydroxylation is 3. The van der Waals surface area contributed by atoms with E-state index in [1.54, 1.807) is 6.92 Å². The maximum Gasteiger partial charge on any atom is 0.271 e. The highest BCUT2D eigenvalue weighted by Crippen LogP contribution is 2.20. The van der Waals surface area contributed by atoms with Crippen molar-refractivity contribution in [3.8, 4) is 11.6 Å². The Balaban J connectivity index is 1.78. The fourth-order valence-electron chi connectivity index (χ4n) is 2.74. The van der Waals surface area contributed by atoms with E-state index < -0.39 is 6.10 Å². The summed E-state index contributed by atoms with van der Waals surface area (Å²) >= 11 is 3.40. The number of aromatic nitrogens is 2. The number of nitrogens with one attached hydrogen (secondary N) is 1. The highest BCUT2D eigenvalue weighted by molar-refractivity contribution is 9.10. The second-order valence-electron chi connectivity index (χ2n) is 6.90. The molecule has 6 nitrogen and oxygen atoms in total. The molecule has 0 saturated heterocycles. The molecule has 7 heteroatoms. The number of anilines is 1. The molecule has 1 aromatic heterocycles. The quantitative estimate of drug-likeness (QED) is 0.621. The van der Waals surface area contributed by atoms with Gasteiger partial charge in [0.25, 0.3) is 11.5 Å². The molecule has 1 amide bonds. The Kier molecular flexibility index (Phi) is 6.17. The molecule has 3 aromatic rings. The summed E-state index contributed by atoms with van der Waals surface area (Å²) in [7, 11) is 0. The van der Waals surface area contributed by atoms with Crippen molar-refractivity contribution < 1.29 is 9.53 Å². The topological polar surface area (TPSA) is 73.2 Å². The smallest absolute Gasteiger partial charge is 0.271 e. The minimum atomic E-state index is -0.795. The van der Waals surface area contributed by atoms with Gasteiger partial charge in [0.2, 0.25) is 5.88 Å². The number of benzene rings is 2. The largest absolute Gasteiger partial charge is 0.463 e. The molecule has 1 N–H and O–H groups in total. The molecule has 0 fully saturated rings. The summed E-state index contributed by atoms with van der Waals surface area (Å²) < 4.78 is 7.90. The van der Waals surface area contributed by atoms with E-state index in [0.717, 1.165) is 21.2 Å². The monoisotopic (exact) mass is 455 g/mol. The first kappa shape index (κ1) is 20.8. The summed E-state index contributed by atoms with van der Waals surface area (Å²) in [5.41, 5.74) is 4.19. The summed E-state index contributed by atoms with van der Waals surface area (Å²) in [6.45, 7) is 7.52. The lowest BCUT2D eigenvalue weighted by Gasteiger charge is -2.16. The van der Waals surface area contributed by atoms with Crippen molar-refractivity contribution >= 4 is 27.5 Å². The van der Waals surface area contributed by atoms with E-state index in [9.17, 15) is 9.59 Å². The molecule has 150 valence electrons. The van der Waals surface area contributed by atoms with Crippen LogP contribution in [0.2, 0.25) is 0 Å². The zero-order chi connectivity index (χ0) is 21.1. The predicted molar refractivity (Wildman–Crippen MR) is 117 cm³/mol. The van der Waals surface area contributed by atoms with Gasteiger partial charge in [-0.05, 0) is 74.7 Å². The maximum absolute atomic E-state index is 12.5. The molecule has 29 heavy (non-hydrogen) atoms. The van der Waals surface area contributed by atoms with Gasteiger partial charge in [-0.2, -0.15) is 4.68 Å². The standard InChI is InChI=1S/C22H22BrN3O3/c1-13-5-7-18(12-14(13)2)26-21(27)10-9-20(25-26)29-16(4)22(28)24-19-8-6-17(23)11-15(19)3/h5-12,16H,1-4H3,(H,24,28)/t16-/m0/s1. The first-order chi connectivity index (χ1) is 13.7. The number of ether oxygens (including phenoxy) is 1. The van der Waals surface area contributed by atoms with Crippen molar-refractivity contribution in [2.45, 2.75) is 33.8 Å². The molecule has 2 aromatic carbocycles. The molecule has 3 rings (SSSR count). The number of carbonyl (C=O) groups excluding carboxylic acids is 1. The van der Waals surface area contributed by atoms with Crippen molar-refractivity contribution in [1.82, 2.24) is 9.78 Å². The molecule has 0 aliphatic rings. The van der Waals surface area contributed by atoms with Gasteiger partial charge in [-0.1, -0.05) is 22.0 Å². The van der Waals surface area contributed by atoms with Crippen LogP contribution in [-0.2, 0) is 4.79 Å². The minimum Gasteiger partial charge on any atom is -0.463 e. The second kappa shape index (κ2) is 8.61. The Bertz CT molecular complexity index is 1120. The van der Waals surface area contributed by atoms with Gasteiger partial charge in [-0.3, -0.25) is 9.59 Å². The summed E-state index contributed by atoms with van der Waals surface area (Å²) in [6.07, 6.45) is -0.795. The van der Waals surface area contributed by atoms with Gasteiger partial charge in [0.15, 0.2) is 6.10 Å². The number of nitrogens with zero attached hydrogens (tertiary/aromatic N) is 2. The van der Waals surface area contributed by atoms with E-state index in [4.69, 9.17) is 4.74 Å². The third-order valence-corrected chi connectivity index (χ3v) is 5.12. The average molecular weight is 456 g/mol. The normalized spacial score (nSPS) is 11.8. The van der Waals surface area contributed by atoms with Gasteiger partial charge in [-0.15, -0.1) is 5.10 Å². The Morgan fingerprint density at radius 1 is 1.03 bits per heavy atom. The molecule has 0 aliphatic carbocycles. The van der Waals surface area contributed by atoms with E-state index in [-0.39, 0.29) is 17.3 Å². The highest BCUT2D eigenvalue weighted by Gasteiger charge is 2.17. The average Bonchev–Trinajstić information content (AvgIpc) is 2.67. The number of carbonyl (C=O) groups is 1. The number of hydrogen-bond donors (Lipinski definition) is 1. The van der Waals surface area contributed by atoms with Crippen LogP contribution in [0.3, 0.4) is 0 Å². The van der Waals surface area contributed by atoms with Crippen LogP contribution in [0.25, 0.3) is 5.69 Å². The number of amides is 1. The van der Waals surface area contributed by atoms with E-state index in [2.05, 4.69) is 26.3 Å². The summed E-state index contributed by atoms with van der Waals surface area (Å²) in [4.78, 5) is 24.8. The third-order valence-electron chi connectivity index (χ3n) is 4.62. The van der Waals surface area contributed by atoms with Gasteiger partial charge in [0.1, 0.15) is 0 Å². The van der Waals surface area contributed by atoms with E-state index in [1.165, 1.54) is 16.8 Å². The molecule has 0 aliphatic heterocycles. The van der Waals surface area contributed by atoms with Crippen LogP contribution < -0.4 is 15.6 Å². The molecule has 0 radical (unpaired) electrons. The zero-order valence-corrected chi connectivity index (χ0v) is 18.3. The van der Waals surface area contributed by atoms with Crippen LogP contribution in [0.4, 0.5) is 5.69 Å². The van der Waals surface area contributed by atoms with Crippen molar-refractivity contribution in [2.24, 2.45) is 0 Å². The van der Waals surface area contributed by atoms with Crippen molar-refractivity contribution in [2.75, 3.05) is 5.32 Å². The molecule has 0 bridgehead atoms. The van der Waals surface area contributed by atoms with Crippen LogP contribution in [0.1, 0.15) is 23.6 Å². The first-order valence-electron chi connectivity index (χ1n) is 9.16. The van der Waals surface area contributed by atoms with Gasteiger partial charge in [0.05, 0.1) is 5.69 Å². The predicted octanol–water partition coefficient (Wildman–Crippen LogP) is 4.33. The molecule has 1 heterocycles. The first-order valence-corrected chi connectivity index (χ1v) is 9.95. The third kappa shape index (κ3) is 4.92. The zero-order valence-electron chi connectivity index (χ0n) is 16.7. The van der Waals surface area contributed by atoms with Crippen LogP contribution in [-0.4, -0.2) is 21.8 Å². The fourth-order valence-corrected chi connectivity index (χ4v) is 3.21. The molecule has 0 unspecified atom stereocenters. The lowest BCUT2D eigenvalue weighted by molar-refractivity contribution is -0.122. The fraction of sp³-hybridized carbons (Fsp3) is 0.227. The van der Waals surface area contributed by atoms with Crippen LogP contribution in [0, 0.1) is 20.8 Å². The molecular formula is C22H22BrN3O3. The van der Waals surface area contributed by atoms with Gasteiger partial charge in [-0.25, -0.2) is 0 Å². The summed E-state index contributed by atoms with van der Waals surface area (Å²) in [5, 5.41) is 7.12. The van der Waals surface area contributed by atoms with Crippen LogP contribution >= 0.6 is 15.9 Å². The minimum absolute atomic E-state index is 0.193. The molecular weight excluding hydrogens is 434 g/mol. The van der Waals surface area contributed by atoms with Crippen LogP contribution in [0.5, 0.6) is 5.88 Å². The van der Waals surface area contributed by atoms with Crippen molar-refractivity contribution in [3.05, 3.63) is 80.0 Å². The Morgan fingerprint density at radius 2 is 1.79 bits per heavy atom. The van der Waals surface area contributed by atoms with Crippen molar-refractivity contribution in [1.29, 1.82) is 0 Å².